The molecule has 1 fully saturated rings. The highest BCUT2D eigenvalue weighted by atomic mass is 32.2. The van der Waals surface area contributed by atoms with Gasteiger partial charge in [0.15, 0.2) is 0 Å². The van der Waals surface area contributed by atoms with Gasteiger partial charge in [0.2, 0.25) is 5.91 Å². The third kappa shape index (κ3) is 4.19. The van der Waals surface area contributed by atoms with Gasteiger partial charge in [0, 0.05) is 46.0 Å². The van der Waals surface area contributed by atoms with Crippen molar-refractivity contribution < 1.29 is 13.2 Å². The number of nitrogens with zero attached hydrogens (tertiary/aromatic N) is 3. The minimum Gasteiger partial charge on any atom is -0.368 e. The monoisotopic (exact) mass is 326 g/mol. The van der Waals surface area contributed by atoms with Gasteiger partial charge in [-0.25, -0.2) is 0 Å². The van der Waals surface area contributed by atoms with Crippen LogP contribution in [0.25, 0.3) is 0 Å². The molecule has 1 aliphatic rings. The number of hydrogen-bond acceptors (Lipinski definition) is 4. The Hall–Kier alpha value is -1.64. The van der Waals surface area contributed by atoms with Crippen molar-refractivity contribution in [3.8, 4) is 0 Å². The van der Waals surface area contributed by atoms with Crippen molar-refractivity contribution in [2.45, 2.75) is 0 Å². The molecule has 0 radical (unpaired) electrons. The third-order valence-electron chi connectivity index (χ3n) is 3.64. The number of benzene rings is 1. The molecule has 22 heavy (non-hydrogen) atoms. The van der Waals surface area contributed by atoms with Crippen LogP contribution < -0.4 is 9.62 Å². The standard InChI is InChI=1S/C14H22N4O3S/c1-16(2)22(20,21)15-12-14(19)18-10-8-17(9-11-18)13-6-4-3-5-7-13/h3-7,15H,8-12H2,1-2H3. The second-order valence-corrected chi connectivity index (χ2v) is 7.28. The van der Waals surface area contributed by atoms with Gasteiger partial charge in [0.05, 0.1) is 6.54 Å². The van der Waals surface area contributed by atoms with Gasteiger partial charge < -0.3 is 9.80 Å². The molecule has 1 N–H and O–H groups in total. The molecule has 2 rings (SSSR count). The molecule has 7 nitrogen and oxygen atoms in total. The number of anilines is 1. The summed E-state index contributed by atoms with van der Waals surface area (Å²) in [7, 11) is -0.716. The molecule has 122 valence electrons. The van der Waals surface area contributed by atoms with Crippen molar-refractivity contribution in [1.82, 2.24) is 13.9 Å². The molecule has 0 aliphatic carbocycles. The minimum absolute atomic E-state index is 0.196. The van der Waals surface area contributed by atoms with Crippen molar-refractivity contribution in [3.63, 3.8) is 0 Å². The Morgan fingerprint density at radius 1 is 1.14 bits per heavy atom. The number of piperazine rings is 1. The summed E-state index contributed by atoms with van der Waals surface area (Å²) >= 11 is 0. The zero-order valence-electron chi connectivity index (χ0n) is 12.9. The number of rotatable bonds is 5. The van der Waals surface area contributed by atoms with Crippen LogP contribution in [0.1, 0.15) is 0 Å². The molecule has 0 bridgehead atoms. The lowest BCUT2D eigenvalue weighted by molar-refractivity contribution is -0.130. The Morgan fingerprint density at radius 3 is 2.27 bits per heavy atom. The van der Waals surface area contributed by atoms with Crippen molar-refractivity contribution in [2.24, 2.45) is 0 Å². The van der Waals surface area contributed by atoms with Crippen LogP contribution in [-0.4, -0.2) is 70.3 Å². The maximum absolute atomic E-state index is 12.1. The molecule has 1 amide bonds. The maximum atomic E-state index is 12.1. The van der Waals surface area contributed by atoms with E-state index in [1.807, 2.05) is 30.3 Å². The highest BCUT2D eigenvalue weighted by Gasteiger charge is 2.23. The smallest absolute Gasteiger partial charge is 0.279 e. The van der Waals surface area contributed by atoms with Gasteiger partial charge in [-0.15, -0.1) is 0 Å². The molecule has 0 saturated carbocycles. The average molecular weight is 326 g/mol. The van der Waals surface area contributed by atoms with Crippen molar-refractivity contribution >= 4 is 21.8 Å². The normalized spacial score (nSPS) is 16.1. The summed E-state index contributed by atoms with van der Waals surface area (Å²) in [4.78, 5) is 16.0. The molecule has 0 aromatic heterocycles. The van der Waals surface area contributed by atoms with Gasteiger partial charge >= 0.3 is 0 Å². The number of para-hydroxylation sites is 1. The van der Waals surface area contributed by atoms with Gasteiger partial charge in [-0.2, -0.15) is 17.4 Å². The summed E-state index contributed by atoms with van der Waals surface area (Å²) in [5.74, 6) is -0.196. The Bertz CT molecular complexity index is 596. The highest BCUT2D eigenvalue weighted by molar-refractivity contribution is 7.87. The van der Waals surface area contributed by atoms with Crippen molar-refractivity contribution in [1.29, 1.82) is 0 Å². The predicted molar refractivity (Wildman–Crippen MR) is 85.8 cm³/mol. The van der Waals surface area contributed by atoms with Crippen molar-refractivity contribution in [2.75, 3.05) is 51.7 Å². The zero-order chi connectivity index (χ0) is 16.2. The van der Waals surface area contributed by atoms with Gasteiger partial charge in [-0.1, -0.05) is 18.2 Å². The van der Waals surface area contributed by atoms with Gasteiger partial charge in [-0.3, -0.25) is 4.79 Å². The molecule has 0 unspecified atom stereocenters. The average Bonchev–Trinajstić information content (AvgIpc) is 2.53. The lowest BCUT2D eigenvalue weighted by Crippen LogP contribution is -2.51. The molecule has 1 aromatic carbocycles. The van der Waals surface area contributed by atoms with E-state index in [0.29, 0.717) is 13.1 Å². The van der Waals surface area contributed by atoms with E-state index in [9.17, 15) is 13.2 Å². The molecule has 1 aromatic rings. The molecule has 1 heterocycles. The predicted octanol–water partition coefficient (Wildman–Crippen LogP) is -0.269. The number of carbonyl (C=O) groups is 1. The van der Waals surface area contributed by atoms with E-state index in [1.54, 1.807) is 4.90 Å². The summed E-state index contributed by atoms with van der Waals surface area (Å²) in [5.41, 5.74) is 1.14. The van der Waals surface area contributed by atoms with E-state index < -0.39 is 10.2 Å². The quantitative estimate of drug-likeness (QED) is 0.808. The second kappa shape index (κ2) is 7.08. The number of amides is 1. The third-order valence-corrected chi connectivity index (χ3v) is 5.11. The molecule has 1 saturated heterocycles. The van der Waals surface area contributed by atoms with Crippen LogP contribution in [0.5, 0.6) is 0 Å². The van der Waals surface area contributed by atoms with E-state index >= 15 is 0 Å². The molecular weight excluding hydrogens is 304 g/mol. The molecule has 0 atom stereocenters. The fraction of sp³-hybridized carbons (Fsp3) is 0.500. The summed E-state index contributed by atoms with van der Waals surface area (Å²) < 4.78 is 26.5. The van der Waals surface area contributed by atoms with Crippen LogP contribution in [0.3, 0.4) is 0 Å². The molecule has 8 heteroatoms. The summed E-state index contributed by atoms with van der Waals surface area (Å²) in [6.07, 6.45) is 0. The maximum Gasteiger partial charge on any atom is 0.279 e. The number of hydrogen-bond donors (Lipinski definition) is 1. The summed E-state index contributed by atoms with van der Waals surface area (Å²) in [5, 5.41) is 0. The lowest BCUT2D eigenvalue weighted by Gasteiger charge is -2.36. The van der Waals surface area contributed by atoms with E-state index in [0.717, 1.165) is 23.1 Å². The zero-order valence-corrected chi connectivity index (χ0v) is 13.7. The Morgan fingerprint density at radius 2 is 1.73 bits per heavy atom. The Balaban J connectivity index is 1.83. The van der Waals surface area contributed by atoms with Crippen LogP contribution in [-0.2, 0) is 15.0 Å². The topological polar surface area (TPSA) is 73.0 Å². The van der Waals surface area contributed by atoms with Gasteiger partial charge in [0.1, 0.15) is 0 Å². The van der Waals surface area contributed by atoms with Crippen molar-refractivity contribution in [3.05, 3.63) is 30.3 Å². The first-order valence-electron chi connectivity index (χ1n) is 7.15. The minimum atomic E-state index is -3.56. The van der Waals surface area contributed by atoms with E-state index in [1.165, 1.54) is 14.1 Å². The summed E-state index contributed by atoms with van der Waals surface area (Å²) in [6, 6.07) is 10.0. The SMILES string of the molecule is CN(C)S(=O)(=O)NCC(=O)N1CCN(c2ccccc2)CC1. The lowest BCUT2D eigenvalue weighted by atomic mass is 10.2. The Labute approximate surface area is 131 Å². The number of carbonyl (C=O) groups excluding carboxylic acids is 1. The van der Waals surface area contributed by atoms with Gasteiger partial charge in [0.25, 0.3) is 10.2 Å². The first-order valence-corrected chi connectivity index (χ1v) is 8.59. The fourth-order valence-corrected chi connectivity index (χ4v) is 2.81. The van der Waals surface area contributed by atoms with E-state index in [2.05, 4.69) is 9.62 Å². The van der Waals surface area contributed by atoms with Gasteiger partial charge in [-0.05, 0) is 12.1 Å². The van der Waals surface area contributed by atoms with Crippen LogP contribution in [0.15, 0.2) is 30.3 Å². The van der Waals surface area contributed by atoms with Crippen LogP contribution >= 0.6 is 0 Å². The summed E-state index contributed by atoms with van der Waals surface area (Å²) in [6.45, 7) is 2.48. The largest absolute Gasteiger partial charge is 0.368 e. The number of nitrogens with one attached hydrogen (secondary N) is 1. The van der Waals surface area contributed by atoms with E-state index in [-0.39, 0.29) is 12.5 Å². The fourth-order valence-electron chi connectivity index (χ4n) is 2.25. The molecule has 1 aliphatic heterocycles. The molecule has 0 spiro atoms. The van der Waals surface area contributed by atoms with Crippen LogP contribution in [0.2, 0.25) is 0 Å². The molecular formula is C14H22N4O3S. The highest BCUT2D eigenvalue weighted by Crippen LogP contribution is 2.15. The van der Waals surface area contributed by atoms with E-state index in [4.69, 9.17) is 0 Å². The Kier molecular flexibility index (Phi) is 5.38. The first-order chi connectivity index (χ1) is 10.4. The van der Waals surface area contributed by atoms with Crippen LogP contribution in [0, 0.1) is 0 Å². The van der Waals surface area contributed by atoms with Crippen LogP contribution in [0.4, 0.5) is 5.69 Å². The first kappa shape index (κ1) is 16.7. The second-order valence-electron chi connectivity index (χ2n) is 5.31.